The lowest BCUT2D eigenvalue weighted by molar-refractivity contribution is 0.0787. The zero-order valence-electron chi connectivity index (χ0n) is 11.3. The molecule has 1 aromatic rings. The second-order valence-corrected chi connectivity index (χ2v) is 7.30. The van der Waals surface area contributed by atoms with E-state index in [2.05, 4.69) is 4.98 Å². The lowest BCUT2D eigenvalue weighted by Crippen LogP contribution is -2.28. The summed E-state index contributed by atoms with van der Waals surface area (Å²) in [6.07, 6.45) is 5.28. The highest BCUT2D eigenvalue weighted by Crippen LogP contribution is 2.22. The molecule has 2 aliphatic heterocycles. The van der Waals surface area contributed by atoms with Crippen LogP contribution in [0.2, 0.25) is 0 Å². The molecule has 1 N–H and O–H groups in total. The molecule has 20 heavy (non-hydrogen) atoms. The summed E-state index contributed by atoms with van der Waals surface area (Å²) in [5.41, 5.74) is 0.365. The number of aromatic amines is 1. The molecule has 0 atom stereocenters. The SMILES string of the molecule is O=C(c1cc(S(=O)(=O)N2CCCC2)c[nH]1)N1CCCC1. The fraction of sp³-hybridized carbons (Fsp3) is 0.615. The molecule has 2 saturated heterocycles. The zero-order valence-corrected chi connectivity index (χ0v) is 12.2. The lowest BCUT2D eigenvalue weighted by atomic mass is 10.4. The van der Waals surface area contributed by atoms with Gasteiger partial charge in [-0.05, 0) is 31.7 Å². The van der Waals surface area contributed by atoms with Crippen LogP contribution in [-0.2, 0) is 10.0 Å². The third-order valence-electron chi connectivity index (χ3n) is 3.98. The van der Waals surface area contributed by atoms with Crippen LogP contribution in [0.1, 0.15) is 36.2 Å². The van der Waals surface area contributed by atoms with Crippen LogP contribution in [0.5, 0.6) is 0 Å². The molecule has 0 unspecified atom stereocenters. The molecule has 1 aromatic heterocycles. The van der Waals surface area contributed by atoms with E-state index in [4.69, 9.17) is 0 Å². The van der Waals surface area contributed by atoms with Crippen LogP contribution in [0.15, 0.2) is 17.2 Å². The minimum atomic E-state index is -3.44. The van der Waals surface area contributed by atoms with Crippen molar-refractivity contribution < 1.29 is 13.2 Å². The van der Waals surface area contributed by atoms with Gasteiger partial charge < -0.3 is 9.88 Å². The Labute approximate surface area is 118 Å². The number of carbonyl (C=O) groups excluding carboxylic acids is 1. The molecule has 0 aliphatic carbocycles. The fourth-order valence-electron chi connectivity index (χ4n) is 2.81. The topological polar surface area (TPSA) is 73.5 Å². The Balaban J connectivity index is 1.81. The molecular weight excluding hydrogens is 278 g/mol. The highest BCUT2D eigenvalue weighted by Gasteiger charge is 2.29. The van der Waals surface area contributed by atoms with E-state index < -0.39 is 10.0 Å². The van der Waals surface area contributed by atoms with E-state index in [9.17, 15) is 13.2 Å². The van der Waals surface area contributed by atoms with Crippen molar-refractivity contribution >= 4 is 15.9 Å². The van der Waals surface area contributed by atoms with Gasteiger partial charge in [-0.1, -0.05) is 0 Å². The van der Waals surface area contributed by atoms with E-state index in [0.29, 0.717) is 18.8 Å². The molecule has 0 bridgehead atoms. The molecule has 0 aromatic carbocycles. The summed E-state index contributed by atoms with van der Waals surface area (Å²) >= 11 is 0. The van der Waals surface area contributed by atoms with Gasteiger partial charge in [-0.3, -0.25) is 4.79 Å². The summed E-state index contributed by atoms with van der Waals surface area (Å²) in [6, 6.07) is 1.47. The van der Waals surface area contributed by atoms with E-state index in [0.717, 1.165) is 38.8 Å². The van der Waals surface area contributed by atoms with Crippen LogP contribution in [0.25, 0.3) is 0 Å². The first-order valence-electron chi connectivity index (χ1n) is 7.07. The first-order chi connectivity index (χ1) is 9.59. The molecule has 110 valence electrons. The van der Waals surface area contributed by atoms with E-state index >= 15 is 0 Å². The van der Waals surface area contributed by atoms with Gasteiger partial charge in [-0.2, -0.15) is 4.31 Å². The van der Waals surface area contributed by atoms with Crippen molar-refractivity contribution in [2.75, 3.05) is 26.2 Å². The van der Waals surface area contributed by atoms with Crippen LogP contribution < -0.4 is 0 Å². The first-order valence-corrected chi connectivity index (χ1v) is 8.51. The smallest absolute Gasteiger partial charge is 0.270 e. The lowest BCUT2D eigenvalue weighted by Gasteiger charge is -2.14. The fourth-order valence-corrected chi connectivity index (χ4v) is 4.33. The van der Waals surface area contributed by atoms with Crippen LogP contribution in [-0.4, -0.2) is 54.7 Å². The van der Waals surface area contributed by atoms with Crippen molar-refractivity contribution in [3.63, 3.8) is 0 Å². The summed E-state index contributed by atoms with van der Waals surface area (Å²) in [5.74, 6) is -0.106. The van der Waals surface area contributed by atoms with Gasteiger partial charge in [-0.15, -0.1) is 0 Å². The Morgan fingerprint density at radius 1 is 1.05 bits per heavy atom. The van der Waals surface area contributed by atoms with Gasteiger partial charge in [0.15, 0.2) is 0 Å². The van der Waals surface area contributed by atoms with Gasteiger partial charge >= 0.3 is 0 Å². The van der Waals surface area contributed by atoms with Gasteiger partial charge in [0.25, 0.3) is 5.91 Å². The number of aromatic nitrogens is 1. The van der Waals surface area contributed by atoms with Gasteiger partial charge in [0.2, 0.25) is 10.0 Å². The molecule has 0 spiro atoms. The van der Waals surface area contributed by atoms with Crippen molar-refractivity contribution in [3.05, 3.63) is 18.0 Å². The molecule has 3 rings (SSSR count). The summed E-state index contributed by atoms with van der Waals surface area (Å²) in [4.78, 5) is 17.0. The van der Waals surface area contributed by atoms with Gasteiger partial charge in [0.05, 0.1) is 0 Å². The standard InChI is InChI=1S/C13H19N3O3S/c17-13(15-5-1-2-6-15)12-9-11(10-14-12)20(18,19)16-7-3-4-8-16/h9-10,14H,1-8H2. The maximum absolute atomic E-state index is 12.4. The van der Waals surface area contributed by atoms with Crippen LogP contribution >= 0.6 is 0 Å². The minimum Gasteiger partial charge on any atom is -0.356 e. The van der Waals surface area contributed by atoms with E-state index in [1.807, 2.05) is 0 Å². The molecular formula is C13H19N3O3S. The van der Waals surface area contributed by atoms with Gasteiger partial charge in [0, 0.05) is 32.4 Å². The van der Waals surface area contributed by atoms with Gasteiger partial charge in [-0.25, -0.2) is 8.42 Å². The summed E-state index contributed by atoms with van der Waals surface area (Å²) < 4.78 is 26.2. The quantitative estimate of drug-likeness (QED) is 0.906. The predicted molar refractivity (Wildman–Crippen MR) is 73.9 cm³/mol. The summed E-state index contributed by atoms with van der Waals surface area (Å²) in [7, 11) is -3.44. The van der Waals surface area contributed by atoms with Crippen LogP contribution in [0.3, 0.4) is 0 Å². The minimum absolute atomic E-state index is 0.106. The third kappa shape index (κ3) is 2.35. The van der Waals surface area contributed by atoms with E-state index in [1.54, 1.807) is 4.90 Å². The van der Waals surface area contributed by atoms with Crippen molar-refractivity contribution in [2.24, 2.45) is 0 Å². The van der Waals surface area contributed by atoms with Crippen molar-refractivity contribution in [3.8, 4) is 0 Å². The molecule has 6 nitrogen and oxygen atoms in total. The van der Waals surface area contributed by atoms with Gasteiger partial charge in [0.1, 0.15) is 10.6 Å². The number of amides is 1. The summed E-state index contributed by atoms with van der Waals surface area (Å²) in [5, 5.41) is 0. The number of hydrogen-bond donors (Lipinski definition) is 1. The predicted octanol–water partition coefficient (Wildman–Crippen LogP) is 1.04. The van der Waals surface area contributed by atoms with Crippen molar-refractivity contribution in [1.82, 2.24) is 14.2 Å². The molecule has 2 aliphatic rings. The normalized spacial score (nSPS) is 20.7. The maximum atomic E-state index is 12.4. The summed E-state index contributed by atoms with van der Waals surface area (Å²) in [6.45, 7) is 2.66. The molecule has 0 radical (unpaired) electrons. The largest absolute Gasteiger partial charge is 0.356 e. The Bertz CT molecular complexity index is 596. The molecule has 0 saturated carbocycles. The number of nitrogens with zero attached hydrogens (tertiary/aromatic N) is 2. The monoisotopic (exact) mass is 297 g/mol. The number of H-pyrrole nitrogens is 1. The van der Waals surface area contributed by atoms with E-state index in [-0.39, 0.29) is 10.8 Å². The molecule has 7 heteroatoms. The number of nitrogens with one attached hydrogen (secondary N) is 1. The second-order valence-electron chi connectivity index (χ2n) is 5.36. The van der Waals surface area contributed by atoms with Crippen molar-refractivity contribution in [2.45, 2.75) is 30.6 Å². The Morgan fingerprint density at radius 2 is 1.65 bits per heavy atom. The third-order valence-corrected chi connectivity index (χ3v) is 5.86. The molecule has 3 heterocycles. The van der Waals surface area contributed by atoms with Crippen molar-refractivity contribution in [1.29, 1.82) is 0 Å². The van der Waals surface area contributed by atoms with Crippen LogP contribution in [0.4, 0.5) is 0 Å². The number of carbonyl (C=O) groups is 1. The van der Waals surface area contributed by atoms with Crippen LogP contribution in [0, 0.1) is 0 Å². The highest BCUT2D eigenvalue weighted by atomic mass is 32.2. The number of likely N-dealkylation sites (tertiary alicyclic amines) is 1. The second kappa shape index (κ2) is 5.21. The molecule has 2 fully saturated rings. The Kier molecular flexibility index (Phi) is 3.55. The average molecular weight is 297 g/mol. The Hall–Kier alpha value is -1.34. The Morgan fingerprint density at radius 3 is 2.30 bits per heavy atom. The van der Waals surface area contributed by atoms with E-state index in [1.165, 1.54) is 16.6 Å². The maximum Gasteiger partial charge on any atom is 0.270 e. The average Bonchev–Trinajstić information content (AvgIpc) is 3.17. The first kappa shape index (κ1) is 13.6. The molecule has 1 amide bonds. The highest BCUT2D eigenvalue weighted by molar-refractivity contribution is 7.89. The number of sulfonamides is 1. The zero-order chi connectivity index (χ0) is 14.2. The number of hydrogen-bond acceptors (Lipinski definition) is 3. The number of rotatable bonds is 3.